The summed E-state index contributed by atoms with van der Waals surface area (Å²) in [5.41, 5.74) is 1.87. The van der Waals surface area contributed by atoms with Crippen LogP contribution < -0.4 is 4.90 Å². The largest absolute Gasteiger partial charge is 0.359 e. The quantitative estimate of drug-likeness (QED) is 0.723. The van der Waals surface area contributed by atoms with Crippen LogP contribution >= 0.6 is 0 Å². The summed E-state index contributed by atoms with van der Waals surface area (Å²) < 4.78 is 5.52. The maximum absolute atomic E-state index is 5.52. The molecular formula is C18H20N6O. The summed E-state index contributed by atoms with van der Waals surface area (Å²) in [6.45, 7) is 4.62. The standard InChI is InChI=1S/C18H20N6O/c1-5-20-18(21-6-1)24-10-2-9-23(11-12-24)14-16-13-17(22-25-16)15-3-7-19-8-4-15/h1,3-8,13H,2,9-12,14H2. The number of hydrogen-bond donors (Lipinski definition) is 0. The van der Waals surface area contributed by atoms with Gasteiger partial charge in [0.25, 0.3) is 0 Å². The van der Waals surface area contributed by atoms with Gasteiger partial charge in [-0.2, -0.15) is 0 Å². The molecule has 0 radical (unpaired) electrons. The normalized spacial score (nSPS) is 15.9. The van der Waals surface area contributed by atoms with Crippen LogP contribution in [0.5, 0.6) is 0 Å². The van der Waals surface area contributed by atoms with Crippen molar-refractivity contribution in [2.24, 2.45) is 0 Å². The van der Waals surface area contributed by atoms with Crippen LogP contribution in [0, 0.1) is 0 Å². The Hall–Kier alpha value is -2.80. The molecule has 0 saturated carbocycles. The van der Waals surface area contributed by atoms with Gasteiger partial charge in [0.05, 0.1) is 6.54 Å². The van der Waals surface area contributed by atoms with Crippen molar-refractivity contribution in [3.05, 3.63) is 54.8 Å². The van der Waals surface area contributed by atoms with Crippen molar-refractivity contribution in [3.8, 4) is 11.3 Å². The van der Waals surface area contributed by atoms with Crippen LogP contribution in [0.4, 0.5) is 5.95 Å². The highest BCUT2D eigenvalue weighted by atomic mass is 16.5. The van der Waals surface area contributed by atoms with Gasteiger partial charge in [0.1, 0.15) is 5.69 Å². The molecule has 0 N–H and O–H groups in total. The SMILES string of the molecule is c1cnc(N2CCCN(Cc3cc(-c4ccncc4)no3)CC2)nc1. The Kier molecular flexibility index (Phi) is 4.65. The molecule has 1 fully saturated rings. The molecule has 0 spiro atoms. The zero-order valence-corrected chi connectivity index (χ0v) is 14.0. The second-order valence-electron chi connectivity index (χ2n) is 6.08. The average molecular weight is 336 g/mol. The third kappa shape index (κ3) is 3.83. The number of aromatic nitrogens is 4. The summed E-state index contributed by atoms with van der Waals surface area (Å²) in [7, 11) is 0. The number of nitrogens with zero attached hydrogens (tertiary/aromatic N) is 6. The molecule has 0 bridgehead atoms. The molecule has 0 unspecified atom stereocenters. The molecule has 7 nitrogen and oxygen atoms in total. The van der Waals surface area contributed by atoms with E-state index in [9.17, 15) is 0 Å². The van der Waals surface area contributed by atoms with Crippen LogP contribution in [-0.4, -0.2) is 51.2 Å². The van der Waals surface area contributed by atoms with E-state index in [1.54, 1.807) is 24.8 Å². The van der Waals surface area contributed by atoms with Crippen LogP contribution in [0.1, 0.15) is 12.2 Å². The van der Waals surface area contributed by atoms with E-state index in [1.807, 2.05) is 24.3 Å². The van der Waals surface area contributed by atoms with Crippen molar-refractivity contribution in [2.45, 2.75) is 13.0 Å². The summed E-state index contributed by atoms with van der Waals surface area (Å²) in [5.74, 6) is 1.69. The lowest BCUT2D eigenvalue weighted by atomic mass is 10.2. The third-order valence-corrected chi connectivity index (χ3v) is 4.34. The fourth-order valence-electron chi connectivity index (χ4n) is 3.05. The van der Waals surface area contributed by atoms with Crippen molar-refractivity contribution in [2.75, 3.05) is 31.1 Å². The van der Waals surface area contributed by atoms with E-state index in [4.69, 9.17) is 4.52 Å². The summed E-state index contributed by atoms with van der Waals surface area (Å²) in [4.78, 5) is 17.4. The van der Waals surface area contributed by atoms with Crippen LogP contribution in [-0.2, 0) is 6.54 Å². The van der Waals surface area contributed by atoms with E-state index >= 15 is 0 Å². The van der Waals surface area contributed by atoms with E-state index in [-0.39, 0.29) is 0 Å². The minimum atomic E-state index is 0.765. The predicted octanol–water partition coefficient (Wildman–Crippen LogP) is 2.24. The Morgan fingerprint density at radius 3 is 2.64 bits per heavy atom. The van der Waals surface area contributed by atoms with Crippen LogP contribution in [0.25, 0.3) is 11.3 Å². The van der Waals surface area contributed by atoms with E-state index < -0.39 is 0 Å². The lowest BCUT2D eigenvalue weighted by molar-refractivity contribution is 0.245. The molecule has 128 valence electrons. The molecule has 4 rings (SSSR count). The van der Waals surface area contributed by atoms with Gasteiger partial charge in [0.15, 0.2) is 5.76 Å². The fraction of sp³-hybridized carbons (Fsp3) is 0.333. The predicted molar refractivity (Wildman–Crippen MR) is 93.9 cm³/mol. The van der Waals surface area contributed by atoms with E-state index in [1.165, 1.54) is 0 Å². The lowest BCUT2D eigenvalue weighted by Crippen LogP contribution is -2.31. The van der Waals surface area contributed by atoms with Crippen molar-refractivity contribution in [1.29, 1.82) is 0 Å². The molecule has 4 heterocycles. The second-order valence-corrected chi connectivity index (χ2v) is 6.08. The molecule has 0 atom stereocenters. The highest BCUT2D eigenvalue weighted by Gasteiger charge is 2.18. The Labute approximate surface area is 146 Å². The summed E-state index contributed by atoms with van der Waals surface area (Å²) in [6.07, 6.45) is 8.18. The van der Waals surface area contributed by atoms with Gasteiger partial charge >= 0.3 is 0 Å². The van der Waals surface area contributed by atoms with Gasteiger partial charge in [-0.15, -0.1) is 0 Å². The highest BCUT2D eigenvalue weighted by Crippen LogP contribution is 2.19. The average Bonchev–Trinajstić information content (AvgIpc) is 3.01. The lowest BCUT2D eigenvalue weighted by Gasteiger charge is -2.20. The Balaban J connectivity index is 1.38. The molecule has 1 aliphatic rings. The molecule has 0 amide bonds. The first kappa shape index (κ1) is 15.7. The topological polar surface area (TPSA) is 71.2 Å². The number of anilines is 1. The van der Waals surface area contributed by atoms with Crippen molar-refractivity contribution in [3.63, 3.8) is 0 Å². The number of hydrogen-bond acceptors (Lipinski definition) is 7. The minimum Gasteiger partial charge on any atom is -0.359 e. The molecule has 0 aliphatic carbocycles. The summed E-state index contributed by atoms with van der Waals surface area (Å²) in [5, 5.41) is 4.18. The van der Waals surface area contributed by atoms with Crippen LogP contribution in [0.3, 0.4) is 0 Å². The van der Waals surface area contributed by atoms with E-state index in [2.05, 4.69) is 29.9 Å². The summed E-state index contributed by atoms with van der Waals surface area (Å²) in [6, 6.07) is 7.73. The van der Waals surface area contributed by atoms with Gasteiger partial charge in [-0.1, -0.05) is 5.16 Å². The van der Waals surface area contributed by atoms with Crippen molar-refractivity contribution < 1.29 is 4.52 Å². The molecule has 25 heavy (non-hydrogen) atoms. The molecule has 7 heteroatoms. The first-order chi connectivity index (χ1) is 12.4. The third-order valence-electron chi connectivity index (χ3n) is 4.34. The Bertz CT molecular complexity index is 792. The zero-order valence-electron chi connectivity index (χ0n) is 14.0. The summed E-state index contributed by atoms with van der Waals surface area (Å²) >= 11 is 0. The van der Waals surface area contributed by atoms with E-state index in [0.717, 1.165) is 62.1 Å². The van der Waals surface area contributed by atoms with Gasteiger partial charge in [-0.05, 0) is 24.6 Å². The Morgan fingerprint density at radius 1 is 0.960 bits per heavy atom. The second kappa shape index (κ2) is 7.40. The first-order valence-electron chi connectivity index (χ1n) is 8.49. The molecule has 3 aromatic rings. The van der Waals surface area contributed by atoms with Crippen LogP contribution in [0.15, 0.2) is 53.6 Å². The first-order valence-corrected chi connectivity index (χ1v) is 8.49. The monoisotopic (exact) mass is 336 g/mol. The maximum Gasteiger partial charge on any atom is 0.225 e. The van der Waals surface area contributed by atoms with Gasteiger partial charge in [0.2, 0.25) is 5.95 Å². The molecule has 0 aromatic carbocycles. The molecule has 1 aliphatic heterocycles. The van der Waals surface area contributed by atoms with Crippen molar-refractivity contribution >= 4 is 5.95 Å². The molecular weight excluding hydrogens is 316 g/mol. The maximum atomic E-state index is 5.52. The number of rotatable bonds is 4. The van der Waals surface area contributed by atoms with Gasteiger partial charge in [-0.25, -0.2) is 9.97 Å². The fourth-order valence-corrected chi connectivity index (χ4v) is 3.05. The van der Waals surface area contributed by atoms with Gasteiger partial charge in [0, 0.05) is 62.6 Å². The zero-order chi connectivity index (χ0) is 16.9. The van der Waals surface area contributed by atoms with Crippen LogP contribution in [0.2, 0.25) is 0 Å². The molecule has 1 saturated heterocycles. The Morgan fingerprint density at radius 2 is 1.80 bits per heavy atom. The van der Waals surface area contributed by atoms with Crippen molar-refractivity contribution in [1.82, 2.24) is 25.0 Å². The van der Waals surface area contributed by atoms with Gasteiger partial charge < -0.3 is 9.42 Å². The molecule has 3 aromatic heterocycles. The van der Waals surface area contributed by atoms with Gasteiger partial charge in [-0.3, -0.25) is 9.88 Å². The van der Waals surface area contributed by atoms with E-state index in [0.29, 0.717) is 0 Å². The highest BCUT2D eigenvalue weighted by molar-refractivity contribution is 5.57. The minimum absolute atomic E-state index is 0.765. The smallest absolute Gasteiger partial charge is 0.225 e. The number of pyridine rings is 1.